The van der Waals surface area contributed by atoms with Crippen LogP contribution in [0.15, 0.2) is 12.2 Å². The van der Waals surface area contributed by atoms with Crippen LogP contribution in [0.1, 0.15) is 27.2 Å². The first-order valence-corrected chi connectivity index (χ1v) is 4.97. The van der Waals surface area contributed by atoms with Crippen molar-refractivity contribution in [3.63, 3.8) is 0 Å². The Labute approximate surface area is 68.9 Å². The van der Waals surface area contributed by atoms with Gasteiger partial charge in [0, 0.05) is 0 Å². The smallest absolute Gasteiger partial charge is 0.264 e. The van der Waals surface area contributed by atoms with Crippen LogP contribution in [0.3, 0.4) is 0 Å². The molecule has 11 heavy (non-hydrogen) atoms. The normalized spacial score (nSPS) is 9.82. The zero-order chi connectivity index (χ0) is 9.49. The van der Waals surface area contributed by atoms with Crippen molar-refractivity contribution < 1.29 is 13.0 Å². The summed E-state index contributed by atoms with van der Waals surface area (Å²) < 4.78 is 27.6. The SMILES string of the molecule is C=C(C)C.CCCS(=O)(=O)O. The zero-order valence-corrected chi connectivity index (χ0v) is 8.11. The second-order valence-corrected chi connectivity index (χ2v) is 4.07. The van der Waals surface area contributed by atoms with E-state index >= 15 is 0 Å². The third-order valence-electron chi connectivity index (χ3n) is 0.462. The summed E-state index contributed by atoms with van der Waals surface area (Å²) in [7, 11) is -3.67. The molecule has 0 saturated carbocycles. The van der Waals surface area contributed by atoms with Gasteiger partial charge in [0.1, 0.15) is 0 Å². The molecule has 0 aliphatic carbocycles. The summed E-state index contributed by atoms with van der Waals surface area (Å²) in [6.45, 7) is 9.19. The molecular weight excluding hydrogens is 164 g/mol. The molecule has 68 valence electrons. The molecule has 0 aliphatic rings. The molecule has 0 radical (unpaired) electrons. The quantitative estimate of drug-likeness (QED) is 0.521. The fraction of sp³-hybridized carbons (Fsp3) is 0.714. The van der Waals surface area contributed by atoms with E-state index < -0.39 is 10.1 Å². The topological polar surface area (TPSA) is 54.4 Å². The van der Waals surface area contributed by atoms with Crippen molar-refractivity contribution in [3.05, 3.63) is 12.2 Å². The van der Waals surface area contributed by atoms with Gasteiger partial charge in [0.2, 0.25) is 0 Å². The number of hydrogen-bond acceptors (Lipinski definition) is 2. The van der Waals surface area contributed by atoms with E-state index in [0.29, 0.717) is 6.42 Å². The van der Waals surface area contributed by atoms with Crippen LogP contribution >= 0.6 is 0 Å². The van der Waals surface area contributed by atoms with E-state index in [1.54, 1.807) is 6.92 Å². The Morgan fingerprint density at radius 2 is 1.73 bits per heavy atom. The maximum Gasteiger partial charge on any atom is 0.264 e. The van der Waals surface area contributed by atoms with Crippen molar-refractivity contribution in [3.8, 4) is 0 Å². The van der Waals surface area contributed by atoms with Crippen LogP contribution in [0.5, 0.6) is 0 Å². The highest BCUT2D eigenvalue weighted by molar-refractivity contribution is 7.85. The van der Waals surface area contributed by atoms with Gasteiger partial charge in [-0.3, -0.25) is 4.55 Å². The molecule has 0 fully saturated rings. The Morgan fingerprint density at radius 1 is 1.45 bits per heavy atom. The van der Waals surface area contributed by atoms with Crippen molar-refractivity contribution in [2.75, 3.05) is 5.75 Å². The summed E-state index contributed by atoms with van der Waals surface area (Å²) in [5.74, 6) is -0.132. The van der Waals surface area contributed by atoms with E-state index in [1.807, 2.05) is 13.8 Å². The van der Waals surface area contributed by atoms with Crippen LogP contribution in [0.4, 0.5) is 0 Å². The monoisotopic (exact) mass is 180 g/mol. The molecule has 1 N–H and O–H groups in total. The van der Waals surface area contributed by atoms with E-state index in [1.165, 1.54) is 5.57 Å². The lowest BCUT2D eigenvalue weighted by Crippen LogP contribution is -2.01. The minimum Gasteiger partial charge on any atom is -0.286 e. The van der Waals surface area contributed by atoms with E-state index in [9.17, 15) is 8.42 Å². The highest BCUT2D eigenvalue weighted by Crippen LogP contribution is 1.83. The minimum absolute atomic E-state index is 0.132. The molecule has 0 bridgehead atoms. The summed E-state index contributed by atoms with van der Waals surface area (Å²) in [6, 6.07) is 0. The fourth-order valence-corrected chi connectivity index (χ4v) is 0.774. The molecule has 0 aromatic heterocycles. The van der Waals surface area contributed by atoms with Crippen molar-refractivity contribution in [2.45, 2.75) is 27.2 Å². The Morgan fingerprint density at radius 3 is 1.73 bits per heavy atom. The van der Waals surface area contributed by atoms with E-state index in [2.05, 4.69) is 6.58 Å². The van der Waals surface area contributed by atoms with E-state index in [0.717, 1.165) is 0 Å². The first kappa shape index (κ1) is 13.3. The minimum atomic E-state index is -3.67. The molecule has 0 rings (SSSR count). The zero-order valence-electron chi connectivity index (χ0n) is 7.29. The molecule has 0 spiro atoms. The summed E-state index contributed by atoms with van der Waals surface area (Å²) in [6.07, 6.45) is 0.471. The van der Waals surface area contributed by atoms with Crippen LogP contribution in [0, 0.1) is 0 Å². The first-order valence-electron chi connectivity index (χ1n) is 3.37. The molecule has 0 amide bonds. The van der Waals surface area contributed by atoms with Crippen LogP contribution in [-0.2, 0) is 10.1 Å². The van der Waals surface area contributed by atoms with E-state index in [4.69, 9.17) is 4.55 Å². The Hall–Kier alpha value is -0.350. The van der Waals surface area contributed by atoms with Gasteiger partial charge in [-0.15, -0.1) is 6.58 Å². The second kappa shape index (κ2) is 6.37. The maximum atomic E-state index is 9.79. The highest BCUT2D eigenvalue weighted by Gasteiger charge is 1.98. The lowest BCUT2D eigenvalue weighted by atomic mass is 10.4. The second-order valence-electron chi connectivity index (χ2n) is 2.49. The largest absolute Gasteiger partial charge is 0.286 e. The maximum absolute atomic E-state index is 9.79. The van der Waals surface area contributed by atoms with Gasteiger partial charge >= 0.3 is 0 Å². The standard InChI is InChI=1S/C4H8.C3H8O3S/c1-4(2)3;1-2-3-7(4,5)6/h1H2,2-3H3;2-3H2,1H3,(H,4,5,6). The van der Waals surface area contributed by atoms with Gasteiger partial charge in [0.05, 0.1) is 5.75 Å². The van der Waals surface area contributed by atoms with Crippen LogP contribution in [0.2, 0.25) is 0 Å². The molecule has 0 atom stereocenters. The fourth-order valence-electron chi connectivity index (χ4n) is 0.258. The Kier molecular flexibility index (Phi) is 7.67. The van der Waals surface area contributed by atoms with Gasteiger partial charge < -0.3 is 0 Å². The molecule has 0 aliphatic heterocycles. The van der Waals surface area contributed by atoms with Gasteiger partial charge in [0.25, 0.3) is 10.1 Å². The molecule has 0 heterocycles. The summed E-state index contributed by atoms with van der Waals surface area (Å²) in [4.78, 5) is 0. The van der Waals surface area contributed by atoms with Crippen molar-refractivity contribution in [1.29, 1.82) is 0 Å². The Balaban J connectivity index is 0. The number of allylic oxidation sites excluding steroid dienone is 1. The Bertz CT molecular complexity index is 188. The van der Waals surface area contributed by atoms with E-state index in [-0.39, 0.29) is 5.75 Å². The molecule has 3 nitrogen and oxygen atoms in total. The lowest BCUT2D eigenvalue weighted by Gasteiger charge is -1.85. The molecule has 0 saturated heterocycles. The summed E-state index contributed by atoms with van der Waals surface area (Å²) in [5.41, 5.74) is 1.17. The van der Waals surface area contributed by atoms with Crippen molar-refractivity contribution in [1.82, 2.24) is 0 Å². The van der Waals surface area contributed by atoms with Gasteiger partial charge in [-0.25, -0.2) is 0 Å². The number of hydrogen-bond donors (Lipinski definition) is 1. The van der Waals surface area contributed by atoms with Crippen molar-refractivity contribution in [2.24, 2.45) is 0 Å². The average molecular weight is 180 g/mol. The highest BCUT2D eigenvalue weighted by atomic mass is 32.2. The predicted octanol–water partition coefficient (Wildman–Crippen LogP) is 1.87. The van der Waals surface area contributed by atoms with Crippen LogP contribution < -0.4 is 0 Å². The van der Waals surface area contributed by atoms with Gasteiger partial charge in [-0.1, -0.05) is 12.5 Å². The average Bonchev–Trinajstić information content (AvgIpc) is 1.58. The van der Waals surface area contributed by atoms with Crippen LogP contribution in [0.25, 0.3) is 0 Å². The predicted molar refractivity (Wildman–Crippen MR) is 47.2 cm³/mol. The third kappa shape index (κ3) is 42.4. The molecule has 0 aromatic carbocycles. The van der Waals surface area contributed by atoms with Gasteiger partial charge in [-0.2, -0.15) is 8.42 Å². The van der Waals surface area contributed by atoms with Gasteiger partial charge in [0.15, 0.2) is 0 Å². The molecule has 4 heteroatoms. The number of rotatable bonds is 2. The first-order chi connectivity index (χ1) is 4.79. The summed E-state index contributed by atoms with van der Waals surface area (Å²) >= 11 is 0. The lowest BCUT2D eigenvalue weighted by molar-refractivity contribution is 0.482. The van der Waals surface area contributed by atoms with Crippen molar-refractivity contribution >= 4 is 10.1 Å². The molecule has 0 unspecified atom stereocenters. The van der Waals surface area contributed by atoms with Gasteiger partial charge in [-0.05, 0) is 20.3 Å². The molecular formula is C7H16O3S. The summed E-state index contributed by atoms with van der Waals surface area (Å²) in [5, 5.41) is 0. The third-order valence-corrected chi connectivity index (χ3v) is 1.39. The molecule has 0 aromatic rings. The van der Waals surface area contributed by atoms with Crippen LogP contribution in [-0.4, -0.2) is 18.7 Å².